The number of para-hydroxylation sites is 1. The van der Waals surface area contributed by atoms with Crippen LogP contribution in [-0.4, -0.2) is 87.1 Å². The summed E-state index contributed by atoms with van der Waals surface area (Å²) in [4.78, 5) is 34.0. The first-order chi connectivity index (χ1) is 16.8. The van der Waals surface area contributed by atoms with Crippen LogP contribution in [0.5, 0.6) is 0 Å². The van der Waals surface area contributed by atoms with Crippen molar-refractivity contribution in [3.05, 3.63) is 59.0 Å². The van der Waals surface area contributed by atoms with Crippen molar-refractivity contribution in [1.82, 2.24) is 10.6 Å². The Balaban J connectivity index is 1.81. The van der Waals surface area contributed by atoms with Gasteiger partial charge in [0.1, 0.15) is 25.8 Å². The number of rotatable bonds is 9. The van der Waals surface area contributed by atoms with Crippen molar-refractivity contribution in [3.63, 3.8) is 0 Å². The summed E-state index contributed by atoms with van der Waals surface area (Å²) >= 11 is 0. The molecule has 0 aliphatic carbocycles. The lowest BCUT2D eigenvalue weighted by atomic mass is 10.1. The minimum Gasteiger partial charge on any atom is -0.634 e. The van der Waals surface area contributed by atoms with Gasteiger partial charge < -0.3 is 30.9 Å². The molecule has 2 aliphatic rings. The van der Waals surface area contributed by atoms with Crippen LogP contribution in [0, 0.1) is 5.21 Å². The zero-order valence-electron chi connectivity index (χ0n) is 20.8. The van der Waals surface area contributed by atoms with E-state index in [9.17, 15) is 14.8 Å². The monoisotopic (exact) mass is 488 g/mol. The van der Waals surface area contributed by atoms with Gasteiger partial charge in [0.15, 0.2) is 0 Å². The lowest BCUT2D eigenvalue weighted by Gasteiger charge is -2.33. The number of quaternary nitrogens is 2. The number of aliphatic hydroxyl groups is 1. The predicted molar refractivity (Wildman–Crippen MR) is 133 cm³/mol. The maximum atomic E-state index is 13.8. The molecule has 3 rings (SSSR count). The van der Waals surface area contributed by atoms with Gasteiger partial charge >= 0.3 is 0 Å². The van der Waals surface area contributed by atoms with Gasteiger partial charge in [-0.3, -0.25) is 9.59 Å². The lowest BCUT2D eigenvalue weighted by Crippen LogP contribution is -3.11. The molecular weight excluding hydrogens is 450 g/mol. The number of benzene rings is 1. The van der Waals surface area contributed by atoms with E-state index in [0.717, 1.165) is 17.7 Å². The normalized spacial score (nSPS) is 24.5. The van der Waals surface area contributed by atoms with E-state index in [0.29, 0.717) is 25.1 Å². The summed E-state index contributed by atoms with van der Waals surface area (Å²) in [6, 6.07) is 6.59. The van der Waals surface area contributed by atoms with Crippen molar-refractivity contribution >= 4 is 17.5 Å². The van der Waals surface area contributed by atoms with Crippen LogP contribution in [0.4, 0.5) is 5.69 Å². The molecule has 0 bridgehead atoms. The fourth-order valence-electron chi connectivity index (χ4n) is 4.32. The average molecular weight is 489 g/mol. The van der Waals surface area contributed by atoms with Crippen LogP contribution in [0.25, 0.3) is 0 Å². The van der Waals surface area contributed by atoms with Gasteiger partial charge in [0.25, 0.3) is 11.8 Å². The summed E-state index contributed by atoms with van der Waals surface area (Å²) < 4.78 is 0.129. The van der Waals surface area contributed by atoms with E-state index in [2.05, 4.69) is 10.6 Å². The molecule has 1 aromatic rings. The number of carbonyl (C=O) groups excluding carboxylic acids is 2. The largest absolute Gasteiger partial charge is 0.634 e. The van der Waals surface area contributed by atoms with Gasteiger partial charge in [-0.25, -0.2) is 4.84 Å². The smallest absolute Gasteiger partial charge is 0.253 e. The highest BCUT2D eigenvalue weighted by molar-refractivity contribution is 6.02. The standard InChI is InChI=1S/C25H37N5O5/c1-19(11-16-31)29(34)14-13-28-23-9-5-4-7-20(23)10-12-26-17-22(25(28)33)27-24(32)21-8-6-15-30(2,18-21)35-3/h4-9,15,19,22,26,29,31H,10-14,16-18H2,1-3H3/p+1/t19-,22+,30?/m1/s1. The SMILES string of the molecule is CO[N+]1(C)C=CC=C(C(=O)N[C@H]2CNCCc3ccccc3N(CC[NH+]([O-])[C@H](C)CCO)C2=O)C1. The highest BCUT2D eigenvalue weighted by Gasteiger charge is 2.33. The molecule has 2 amide bonds. The van der Waals surface area contributed by atoms with Gasteiger partial charge in [-0.05, 0) is 43.7 Å². The van der Waals surface area contributed by atoms with Crippen molar-refractivity contribution in [1.29, 1.82) is 0 Å². The molecule has 0 fully saturated rings. The summed E-state index contributed by atoms with van der Waals surface area (Å²) in [5, 5.41) is 28.0. The Bertz CT molecular complexity index is 952. The second kappa shape index (κ2) is 12.4. The van der Waals surface area contributed by atoms with E-state index in [1.54, 1.807) is 31.1 Å². The molecule has 1 aromatic carbocycles. The molecule has 10 nitrogen and oxygen atoms in total. The van der Waals surface area contributed by atoms with Crippen molar-refractivity contribution in [3.8, 4) is 0 Å². The molecule has 4 N–H and O–H groups in total. The van der Waals surface area contributed by atoms with Gasteiger partial charge in [0, 0.05) is 25.3 Å². The summed E-state index contributed by atoms with van der Waals surface area (Å²) in [5.74, 6) is -0.588. The first-order valence-corrected chi connectivity index (χ1v) is 12.1. The minimum absolute atomic E-state index is 0.00122. The number of nitrogens with zero attached hydrogens (tertiary/aromatic N) is 2. The number of allylic oxidation sites excluding steroid dienone is 2. The number of nitrogens with one attached hydrogen (secondary N) is 3. The first-order valence-electron chi connectivity index (χ1n) is 12.1. The fraction of sp³-hybridized carbons (Fsp3) is 0.520. The van der Waals surface area contributed by atoms with Crippen LogP contribution < -0.4 is 20.6 Å². The Hall–Kier alpha value is -2.60. The molecule has 35 heavy (non-hydrogen) atoms. The van der Waals surface area contributed by atoms with Gasteiger partial charge in [0.2, 0.25) is 0 Å². The number of amides is 2. The van der Waals surface area contributed by atoms with Crippen molar-refractivity contribution in [2.75, 3.05) is 58.4 Å². The second-order valence-electron chi connectivity index (χ2n) is 9.28. The molecular formula is C25H38N5O5+. The highest BCUT2D eigenvalue weighted by Crippen LogP contribution is 2.23. The zero-order valence-corrected chi connectivity index (χ0v) is 20.8. The quantitative estimate of drug-likeness (QED) is 0.269. The maximum absolute atomic E-state index is 13.8. The molecule has 0 saturated heterocycles. The van der Waals surface area contributed by atoms with Crippen molar-refractivity contribution in [2.45, 2.75) is 31.8 Å². The van der Waals surface area contributed by atoms with Gasteiger partial charge in [0.05, 0.1) is 31.8 Å². The number of carbonyl (C=O) groups is 2. The molecule has 192 valence electrons. The number of fused-ring (bicyclic) bond motifs is 1. The molecule has 0 aromatic heterocycles. The molecule has 2 aliphatic heterocycles. The van der Waals surface area contributed by atoms with Crippen LogP contribution in [-0.2, 0) is 20.8 Å². The number of anilines is 1. The lowest BCUT2D eigenvalue weighted by molar-refractivity contribution is -1.04. The topological polar surface area (TPSA) is 118 Å². The Morgan fingerprint density at radius 2 is 2.20 bits per heavy atom. The highest BCUT2D eigenvalue weighted by atomic mass is 16.7. The number of likely N-dealkylation sites (N-methyl/N-ethyl adjacent to an activating group) is 1. The Labute approximate surface area is 206 Å². The zero-order chi connectivity index (χ0) is 25.4. The molecule has 0 spiro atoms. The van der Waals surface area contributed by atoms with Gasteiger partial charge in [-0.1, -0.05) is 18.2 Å². The minimum atomic E-state index is -0.799. The molecule has 10 heteroatoms. The molecule has 4 atom stereocenters. The third-order valence-corrected chi connectivity index (χ3v) is 6.66. The summed E-state index contributed by atoms with van der Waals surface area (Å²) in [5.41, 5.74) is 2.28. The Kier molecular flexibility index (Phi) is 9.55. The number of hydrogen-bond acceptors (Lipinski definition) is 6. The Morgan fingerprint density at radius 3 is 2.94 bits per heavy atom. The molecule has 0 radical (unpaired) electrons. The van der Waals surface area contributed by atoms with Crippen molar-refractivity contribution in [2.24, 2.45) is 0 Å². The molecule has 2 unspecified atom stereocenters. The van der Waals surface area contributed by atoms with E-state index < -0.39 is 6.04 Å². The maximum Gasteiger partial charge on any atom is 0.253 e. The number of aliphatic hydroxyl groups excluding tert-OH is 1. The summed E-state index contributed by atoms with van der Waals surface area (Å²) in [6.07, 6.45) is 6.46. The van der Waals surface area contributed by atoms with E-state index >= 15 is 0 Å². The van der Waals surface area contributed by atoms with Gasteiger partial charge in [-0.2, -0.15) is 4.65 Å². The molecule has 0 saturated carbocycles. The van der Waals surface area contributed by atoms with E-state index in [1.807, 2.05) is 37.5 Å². The van der Waals surface area contributed by atoms with Crippen LogP contribution in [0.1, 0.15) is 18.9 Å². The van der Waals surface area contributed by atoms with Crippen molar-refractivity contribution < 1.29 is 29.2 Å². The molecule has 2 heterocycles. The Morgan fingerprint density at radius 1 is 1.43 bits per heavy atom. The van der Waals surface area contributed by atoms with E-state index in [1.165, 1.54) is 0 Å². The fourth-order valence-corrected chi connectivity index (χ4v) is 4.32. The van der Waals surface area contributed by atoms with Crippen LogP contribution in [0.15, 0.2) is 48.2 Å². The number of hydrogen-bond donors (Lipinski definition) is 4. The van der Waals surface area contributed by atoms with Crippen LogP contribution >= 0.6 is 0 Å². The van der Waals surface area contributed by atoms with E-state index in [4.69, 9.17) is 9.94 Å². The number of hydroxylamine groups is 5. The third-order valence-electron chi connectivity index (χ3n) is 6.66. The summed E-state index contributed by atoms with van der Waals surface area (Å²) in [6.45, 7) is 3.40. The van der Waals surface area contributed by atoms with Gasteiger partial charge in [-0.15, -0.1) is 0 Å². The first kappa shape index (κ1) is 27.0. The average Bonchev–Trinajstić information content (AvgIpc) is 2.91. The second-order valence-corrected chi connectivity index (χ2v) is 9.28. The summed E-state index contributed by atoms with van der Waals surface area (Å²) in [7, 11) is 3.42. The third kappa shape index (κ3) is 6.97. The van der Waals surface area contributed by atoms with Crippen LogP contribution in [0.3, 0.4) is 0 Å². The van der Waals surface area contributed by atoms with Crippen LogP contribution in [0.2, 0.25) is 0 Å². The predicted octanol–water partition coefficient (Wildman–Crippen LogP) is -0.735. The van der Waals surface area contributed by atoms with E-state index in [-0.39, 0.29) is 53.8 Å².